The fourth-order valence-corrected chi connectivity index (χ4v) is 2.72. The highest BCUT2D eigenvalue weighted by molar-refractivity contribution is 14.1. The summed E-state index contributed by atoms with van der Waals surface area (Å²) in [7, 11) is 1.58. The zero-order valence-electron chi connectivity index (χ0n) is 14.1. The summed E-state index contributed by atoms with van der Waals surface area (Å²) < 4.78 is 18.9. The minimum absolute atomic E-state index is 0.197. The number of furan rings is 1. The van der Waals surface area contributed by atoms with Gasteiger partial charge in [0.15, 0.2) is 17.3 Å². The van der Waals surface area contributed by atoms with Gasteiger partial charge in [-0.1, -0.05) is 12.1 Å². The van der Waals surface area contributed by atoms with E-state index >= 15 is 0 Å². The molecular formula is C18H17IN2O4. The number of hydrogen-bond donors (Lipinski definition) is 0. The van der Waals surface area contributed by atoms with Gasteiger partial charge in [0.1, 0.15) is 12.4 Å². The predicted octanol–water partition coefficient (Wildman–Crippen LogP) is 3.97. The zero-order chi connectivity index (χ0) is 18.0. The first-order chi connectivity index (χ1) is 12.0. The lowest BCUT2D eigenvalue weighted by Gasteiger charge is -2.08. The highest BCUT2D eigenvalue weighted by atomic mass is 127. The summed E-state index contributed by atoms with van der Waals surface area (Å²) >= 11 is 2.18. The second-order valence-electron chi connectivity index (χ2n) is 5.41. The van der Waals surface area contributed by atoms with E-state index in [0.717, 1.165) is 15.0 Å². The number of aryl methyl sites for hydroxylation is 1. The third-order valence-electron chi connectivity index (χ3n) is 3.71. The van der Waals surface area contributed by atoms with Crippen molar-refractivity contribution in [2.45, 2.75) is 20.5 Å². The van der Waals surface area contributed by atoms with Crippen LogP contribution in [0.4, 0.5) is 0 Å². The average Bonchev–Trinajstić information content (AvgIpc) is 3.20. The van der Waals surface area contributed by atoms with E-state index in [4.69, 9.17) is 13.9 Å². The lowest BCUT2D eigenvalue weighted by Crippen LogP contribution is -2.14. The van der Waals surface area contributed by atoms with E-state index in [0.29, 0.717) is 17.3 Å². The maximum absolute atomic E-state index is 12.6. The van der Waals surface area contributed by atoms with E-state index < -0.39 is 0 Å². The van der Waals surface area contributed by atoms with Gasteiger partial charge in [0.2, 0.25) is 0 Å². The number of rotatable bonds is 5. The maximum Gasteiger partial charge on any atom is 0.314 e. The molecule has 25 heavy (non-hydrogen) atoms. The summed E-state index contributed by atoms with van der Waals surface area (Å²) in [6, 6.07) is 10.7. The first kappa shape index (κ1) is 17.5. The van der Waals surface area contributed by atoms with Crippen LogP contribution in [0.1, 0.15) is 27.7 Å². The summed E-state index contributed by atoms with van der Waals surface area (Å²) in [6.07, 6.45) is 0. The molecule has 0 radical (unpaired) electrons. The van der Waals surface area contributed by atoms with Gasteiger partial charge in [-0.2, -0.15) is 9.78 Å². The molecular weight excluding hydrogens is 435 g/mol. The SMILES string of the molecule is COc1ccccc1OCc1ccc(C(=O)n2nc(C)c(I)c2C)o1. The lowest BCUT2D eigenvalue weighted by molar-refractivity contribution is 0.0910. The van der Waals surface area contributed by atoms with Crippen LogP contribution >= 0.6 is 22.6 Å². The van der Waals surface area contributed by atoms with Crippen LogP contribution in [0.5, 0.6) is 11.5 Å². The van der Waals surface area contributed by atoms with Gasteiger partial charge in [0.25, 0.3) is 0 Å². The number of hydrogen-bond acceptors (Lipinski definition) is 5. The van der Waals surface area contributed by atoms with Gasteiger partial charge in [0.05, 0.1) is 22.1 Å². The Morgan fingerprint density at radius 1 is 1.20 bits per heavy atom. The van der Waals surface area contributed by atoms with Crippen molar-refractivity contribution in [2.75, 3.05) is 7.11 Å². The molecule has 0 atom stereocenters. The van der Waals surface area contributed by atoms with Gasteiger partial charge in [-0.15, -0.1) is 0 Å². The molecule has 0 aliphatic heterocycles. The maximum atomic E-state index is 12.6. The molecule has 2 aromatic heterocycles. The number of ether oxygens (including phenoxy) is 2. The Balaban J connectivity index is 1.74. The molecule has 2 heterocycles. The molecule has 7 heteroatoms. The largest absolute Gasteiger partial charge is 0.493 e. The van der Waals surface area contributed by atoms with Gasteiger partial charge >= 0.3 is 5.91 Å². The third-order valence-corrected chi connectivity index (χ3v) is 5.27. The standard InChI is InChI=1S/C18H17IN2O4/c1-11-17(19)12(2)21(20-11)18(22)16-9-8-13(25-16)10-24-15-7-5-4-6-14(15)23-3/h4-9H,10H2,1-3H3. The Bertz CT molecular complexity index is 914. The normalized spacial score (nSPS) is 10.7. The van der Waals surface area contributed by atoms with Crippen LogP contribution in [0.3, 0.4) is 0 Å². The van der Waals surface area contributed by atoms with E-state index in [9.17, 15) is 4.79 Å². The molecule has 0 saturated carbocycles. The predicted molar refractivity (Wildman–Crippen MR) is 100 cm³/mol. The molecule has 0 aliphatic carbocycles. The van der Waals surface area contributed by atoms with Gasteiger partial charge < -0.3 is 13.9 Å². The van der Waals surface area contributed by atoms with Crippen LogP contribution in [0.2, 0.25) is 0 Å². The summed E-state index contributed by atoms with van der Waals surface area (Å²) in [4.78, 5) is 12.6. The number of benzene rings is 1. The fourth-order valence-electron chi connectivity index (χ4n) is 2.38. The molecule has 0 unspecified atom stereocenters. The van der Waals surface area contributed by atoms with Crippen molar-refractivity contribution >= 4 is 28.5 Å². The topological polar surface area (TPSA) is 66.5 Å². The number of para-hydroxylation sites is 2. The molecule has 0 bridgehead atoms. The second kappa shape index (κ2) is 7.30. The monoisotopic (exact) mass is 452 g/mol. The van der Waals surface area contributed by atoms with Crippen molar-refractivity contribution in [3.63, 3.8) is 0 Å². The number of nitrogens with zero attached hydrogens (tertiary/aromatic N) is 2. The highest BCUT2D eigenvalue weighted by Gasteiger charge is 2.19. The quantitative estimate of drug-likeness (QED) is 0.549. The van der Waals surface area contributed by atoms with Crippen LogP contribution in [0, 0.1) is 17.4 Å². The van der Waals surface area contributed by atoms with Crippen LogP contribution in [0.25, 0.3) is 0 Å². The van der Waals surface area contributed by atoms with Crippen molar-refractivity contribution < 1.29 is 18.7 Å². The van der Waals surface area contributed by atoms with Crippen LogP contribution in [-0.4, -0.2) is 22.8 Å². The summed E-state index contributed by atoms with van der Waals surface area (Å²) in [5.74, 6) is 1.73. The molecule has 3 aromatic rings. The summed E-state index contributed by atoms with van der Waals surface area (Å²) in [5, 5.41) is 4.26. The highest BCUT2D eigenvalue weighted by Crippen LogP contribution is 2.27. The van der Waals surface area contributed by atoms with E-state index in [1.165, 1.54) is 4.68 Å². The van der Waals surface area contributed by atoms with Crippen molar-refractivity contribution in [1.82, 2.24) is 9.78 Å². The Hall–Kier alpha value is -2.29. The molecule has 130 valence electrons. The molecule has 0 spiro atoms. The molecule has 0 amide bonds. The molecule has 1 aromatic carbocycles. The van der Waals surface area contributed by atoms with E-state index in [1.54, 1.807) is 19.2 Å². The Morgan fingerprint density at radius 3 is 2.56 bits per heavy atom. The zero-order valence-corrected chi connectivity index (χ0v) is 16.2. The van der Waals surface area contributed by atoms with Crippen LogP contribution in [0.15, 0.2) is 40.8 Å². The lowest BCUT2D eigenvalue weighted by atomic mass is 10.3. The third kappa shape index (κ3) is 3.55. The molecule has 0 aliphatic rings. The molecule has 6 nitrogen and oxygen atoms in total. The van der Waals surface area contributed by atoms with Gasteiger partial charge in [0, 0.05) is 0 Å². The summed E-state index contributed by atoms with van der Waals surface area (Å²) in [6.45, 7) is 3.92. The number of methoxy groups -OCH3 is 1. The van der Waals surface area contributed by atoms with Gasteiger partial charge in [-0.25, -0.2) is 0 Å². The Kier molecular flexibility index (Phi) is 5.12. The number of aromatic nitrogens is 2. The minimum Gasteiger partial charge on any atom is -0.493 e. The fraction of sp³-hybridized carbons (Fsp3) is 0.222. The van der Waals surface area contributed by atoms with Crippen molar-refractivity contribution in [1.29, 1.82) is 0 Å². The van der Waals surface area contributed by atoms with E-state index in [2.05, 4.69) is 27.7 Å². The number of carbonyl (C=O) groups is 1. The first-order valence-electron chi connectivity index (χ1n) is 7.62. The van der Waals surface area contributed by atoms with Crippen molar-refractivity contribution in [3.05, 3.63) is 62.9 Å². The van der Waals surface area contributed by atoms with Crippen LogP contribution < -0.4 is 9.47 Å². The molecule has 0 fully saturated rings. The molecule has 0 N–H and O–H groups in total. The van der Waals surface area contributed by atoms with Gasteiger partial charge in [-0.3, -0.25) is 4.79 Å². The van der Waals surface area contributed by atoms with E-state index in [1.807, 2.05) is 38.1 Å². The molecule has 3 rings (SSSR count). The first-order valence-corrected chi connectivity index (χ1v) is 8.70. The Morgan fingerprint density at radius 2 is 1.92 bits per heavy atom. The average molecular weight is 452 g/mol. The van der Waals surface area contributed by atoms with Crippen molar-refractivity contribution in [2.24, 2.45) is 0 Å². The smallest absolute Gasteiger partial charge is 0.314 e. The second-order valence-corrected chi connectivity index (χ2v) is 6.49. The van der Waals surface area contributed by atoms with Crippen molar-refractivity contribution in [3.8, 4) is 11.5 Å². The summed E-state index contributed by atoms with van der Waals surface area (Å²) in [5.41, 5.74) is 1.61. The number of carbonyl (C=O) groups excluding carboxylic acids is 1. The minimum atomic E-state index is -0.299. The Labute approximate surface area is 158 Å². The van der Waals surface area contributed by atoms with Crippen LogP contribution in [-0.2, 0) is 6.61 Å². The molecule has 0 saturated heterocycles. The van der Waals surface area contributed by atoms with E-state index in [-0.39, 0.29) is 18.3 Å². The van der Waals surface area contributed by atoms with Gasteiger partial charge in [-0.05, 0) is 60.7 Å². The number of halogens is 1.